The van der Waals surface area contributed by atoms with Gasteiger partial charge in [-0.15, -0.1) is 0 Å². The molecule has 0 aromatic rings. The maximum atomic E-state index is 11.5. The molecule has 0 fully saturated rings. The molecule has 92 valence electrons. The highest BCUT2D eigenvalue weighted by molar-refractivity contribution is 9.11. The third kappa shape index (κ3) is 5.90. The number of carbonyl (C=O) groups excluding carboxylic acids is 2. The maximum Gasteiger partial charge on any atom is 0.320 e. The number of allylic oxidation sites excluding steroid dienone is 1. The smallest absolute Gasteiger partial charge is 0.320 e. The monoisotopic (exact) mass is 292 g/mol. The highest BCUT2D eigenvalue weighted by Crippen LogP contribution is 2.12. The van der Waals surface area contributed by atoms with E-state index in [1.807, 2.05) is 6.08 Å². The van der Waals surface area contributed by atoms with E-state index in [4.69, 9.17) is 9.47 Å². The van der Waals surface area contributed by atoms with Gasteiger partial charge in [-0.2, -0.15) is 0 Å². The molecule has 0 rings (SSSR count). The Morgan fingerprint density at radius 1 is 1.19 bits per heavy atom. The van der Waals surface area contributed by atoms with Crippen LogP contribution in [0.5, 0.6) is 0 Å². The summed E-state index contributed by atoms with van der Waals surface area (Å²) in [5.74, 6) is -1.84. The SMILES string of the molecule is CCOC(=O)C(CCC=CBr)C(=O)OCC. The Hall–Kier alpha value is -0.840. The van der Waals surface area contributed by atoms with E-state index in [0.717, 1.165) is 0 Å². The Balaban J connectivity index is 4.36. The Kier molecular flexibility index (Phi) is 8.90. The number of rotatable bonds is 7. The first kappa shape index (κ1) is 15.2. The molecule has 0 N–H and O–H groups in total. The molecule has 0 radical (unpaired) electrons. The van der Waals surface area contributed by atoms with Gasteiger partial charge in [0.2, 0.25) is 0 Å². The minimum absolute atomic E-state index is 0.267. The van der Waals surface area contributed by atoms with Gasteiger partial charge in [0.1, 0.15) is 0 Å². The van der Waals surface area contributed by atoms with Crippen LogP contribution in [0.15, 0.2) is 11.1 Å². The first-order valence-electron chi connectivity index (χ1n) is 5.25. The lowest BCUT2D eigenvalue weighted by molar-refractivity contribution is -0.161. The second kappa shape index (κ2) is 9.39. The summed E-state index contributed by atoms with van der Waals surface area (Å²) in [6, 6.07) is 0. The van der Waals surface area contributed by atoms with Crippen LogP contribution in [0.25, 0.3) is 0 Å². The summed E-state index contributed by atoms with van der Waals surface area (Å²) in [7, 11) is 0. The van der Waals surface area contributed by atoms with Crippen molar-refractivity contribution < 1.29 is 19.1 Å². The van der Waals surface area contributed by atoms with Crippen LogP contribution in [0.3, 0.4) is 0 Å². The molecule has 0 saturated carbocycles. The Morgan fingerprint density at radius 2 is 1.69 bits per heavy atom. The molecule has 0 heterocycles. The largest absolute Gasteiger partial charge is 0.465 e. The predicted octanol–water partition coefficient (Wildman–Crippen LogP) is 2.42. The molecule has 5 heteroatoms. The van der Waals surface area contributed by atoms with Crippen LogP contribution < -0.4 is 0 Å². The summed E-state index contributed by atoms with van der Waals surface area (Å²) in [5, 5.41) is 0. The molecule has 4 nitrogen and oxygen atoms in total. The van der Waals surface area contributed by atoms with Crippen molar-refractivity contribution in [2.45, 2.75) is 26.7 Å². The molecule has 0 aromatic heterocycles. The van der Waals surface area contributed by atoms with Crippen LogP contribution in [0.2, 0.25) is 0 Å². The van der Waals surface area contributed by atoms with Crippen molar-refractivity contribution in [3.63, 3.8) is 0 Å². The van der Waals surface area contributed by atoms with E-state index >= 15 is 0 Å². The normalized spacial score (nSPS) is 10.8. The van der Waals surface area contributed by atoms with Crippen LogP contribution in [-0.4, -0.2) is 25.2 Å². The zero-order valence-corrected chi connectivity index (χ0v) is 11.2. The number of ether oxygens (including phenoxy) is 2. The lowest BCUT2D eigenvalue weighted by Gasteiger charge is -2.13. The Morgan fingerprint density at radius 3 is 2.06 bits per heavy atom. The van der Waals surface area contributed by atoms with Crippen LogP contribution >= 0.6 is 15.9 Å². The lowest BCUT2D eigenvalue weighted by Crippen LogP contribution is -2.28. The molecular weight excluding hydrogens is 276 g/mol. The quantitative estimate of drug-likeness (QED) is 0.534. The summed E-state index contributed by atoms with van der Waals surface area (Å²) in [6.45, 7) is 3.95. The fourth-order valence-corrected chi connectivity index (χ4v) is 1.41. The van der Waals surface area contributed by atoms with Crippen LogP contribution in [0, 0.1) is 5.92 Å². The van der Waals surface area contributed by atoms with E-state index in [1.165, 1.54) is 0 Å². The van der Waals surface area contributed by atoms with Gasteiger partial charge in [-0.1, -0.05) is 22.0 Å². The maximum absolute atomic E-state index is 11.5. The van der Waals surface area contributed by atoms with Crippen LogP contribution in [-0.2, 0) is 19.1 Å². The molecule has 0 aliphatic carbocycles. The number of hydrogen-bond acceptors (Lipinski definition) is 4. The van der Waals surface area contributed by atoms with Crippen LogP contribution in [0.1, 0.15) is 26.7 Å². The van der Waals surface area contributed by atoms with Gasteiger partial charge in [0.05, 0.1) is 13.2 Å². The number of esters is 2. The molecule has 16 heavy (non-hydrogen) atoms. The summed E-state index contributed by atoms with van der Waals surface area (Å²) in [5.41, 5.74) is 0. The third-order valence-corrected chi connectivity index (χ3v) is 2.23. The molecular formula is C11H17BrO4. The summed E-state index contributed by atoms with van der Waals surface area (Å²) < 4.78 is 9.65. The minimum Gasteiger partial charge on any atom is -0.465 e. The van der Waals surface area contributed by atoms with Gasteiger partial charge in [0.15, 0.2) is 5.92 Å². The standard InChI is InChI=1S/C11H17BrO4/c1-3-15-10(13)9(7-5-6-8-12)11(14)16-4-2/h6,8-9H,3-5,7H2,1-2H3. The van der Waals surface area contributed by atoms with Gasteiger partial charge in [-0.3, -0.25) is 9.59 Å². The number of hydrogen-bond donors (Lipinski definition) is 0. The minimum atomic E-state index is -0.816. The van der Waals surface area contributed by atoms with E-state index in [1.54, 1.807) is 18.8 Å². The highest BCUT2D eigenvalue weighted by Gasteiger charge is 2.28. The molecule has 0 amide bonds. The van der Waals surface area contributed by atoms with Crippen molar-refractivity contribution in [2.24, 2.45) is 5.92 Å². The number of halogens is 1. The van der Waals surface area contributed by atoms with Gasteiger partial charge >= 0.3 is 11.9 Å². The van der Waals surface area contributed by atoms with Gasteiger partial charge in [-0.05, 0) is 31.7 Å². The van der Waals surface area contributed by atoms with E-state index in [-0.39, 0.29) is 13.2 Å². The molecule has 0 atom stereocenters. The number of carbonyl (C=O) groups is 2. The molecule has 0 aliphatic heterocycles. The third-order valence-electron chi connectivity index (χ3n) is 1.85. The summed E-state index contributed by atoms with van der Waals surface area (Å²) in [6.07, 6.45) is 2.85. The molecule has 0 unspecified atom stereocenters. The Bertz CT molecular complexity index is 232. The lowest BCUT2D eigenvalue weighted by atomic mass is 10.0. The summed E-state index contributed by atoms with van der Waals surface area (Å²) in [4.78, 5) is 24.7. The molecule has 0 aromatic carbocycles. The highest BCUT2D eigenvalue weighted by atomic mass is 79.9. The van der Waals surface area contributed by atoms with Crippen LogP contribution in [0.4, 0.5) is 0 Å². The average Bonchev–Trinajstić information content (AvgIpc) is 2.25. The fraction of sp³-hybridized carbons (Fsp3) is 0.636. The van der Waals surface area contributed by atoms with E-state index < -0.39 is 17.9 Å². The first-order valence-corrected chi connectivity index (χ1v) is 6.17. The molecule has 0 saturated heterocycles. The summed E-state index contributed by atoms with van der Waals surface area (Å²) >= 11 is 3.12. The zero-order valence-electron chi connectivity index (χ0n) is 9.57. The molecule has 0 spiro atoms. The second-order valence-electron chi connectivity index (χ2n) is 3.00. The van der Waals surface area contributed by atoms with E-state index in [2.05, 4.69) is 15.9 Å². The molecule has 0 bridgehead atoms. The van der Waals surface area contributed by atoms with Gasteiger partial charge in [0.25, 0.3) is 0 Å². The van der Waals surface area contributed by atoms with E-state index in [0.29, 0.717) is 12.8 Å². The van der Waals surface area contributed by atoms with Gasteiger partial charge < -0.3 is 9.47 Å². The molecule has 0 aliphatic rings. The predicted molar refractivity (Wildman–Crippen MR) is 64.1 cm³/mol. The van der Waals surface area contributed by atoms with Crippen molar-refractivity contribution in [3.05, 3.63) is 11.1 Å². The van der Waals surface area contributed by atoms with Crippen molar-refractivity contribution in [3.8, 4) is 0 Å². The van der Waals surface area contributed by atoms with Crippen molar-refractivity contribution >= 4 is 27.9 Å². The van der Waals surface area contributed by atoms with Gasteiger partial charge in [0, 0.05) is 0 Å². The van der Waals surface area contributed by atoms with Gasteiger partial charge in [-0.25, -0.2) is 0 Å². The first-order chi connectivity index (χ1) is 7.67. The van der Waals surface area contributed by atoms with Crippen molar-refractivity contribution in [1.82, 2.24) is 0 Å². The van der Waals surface area contributed by atoms with Crippen molar-refractivity contribution in [1.29, 1.82) is 0 Å². The second-order valence-corrected chi connectivity index (χ2v) is 3.52. The zero-order chi connectivity index (χ0) is 12.4. The average molecular weight is 293 g/mol. The fourth-order valence-electron chi connectivity index (χ4n) is 1.14. The van der Waals surface area contributed by atoms with Crippen molar-refractivity contribution in [2.75, 3.05) is 13.2 Å². The van der Waals surface area contributed by atoms with E-state index in [9.17, 15) is 9.59 Å². The topological polar surface area (TPSA) is 52.6 Å². The Labute approximate surface area is 104 Å².